The van der Waals surface area contributed by atoms with Crippen molar-refractivity contribution < 1.29 is 18.7 Å². The van der Waals surface area contributed by atoms with Crippen LogP contribution in [0.3, 0.4) is 0 Å². The number of halogens is 1. The second-order valence-corrected chi connectivity index (χ2v) is 6.64. The first-order valence-corrected chi connectivity index (χ1v) is 9.22. The molecule has 1 heterocycles. The Hall–Kier alpha value is -3.73. The number of esters is 1. The molecule has 4 aromatic rings. The molecule has 29 heavy (non-hydrogen) atoms. The highest BCUT2D eigenvalue weighted by atomic mass is 19.1. The average Bonchev–Trinajstić information content (AvgIpc) is 3.14. The molecule has 0 fully saturated rings. The van der Waals surface area contributed by atoms with E-state index in [1.165, 1.54) is 12.1 Å². The van der Waals surface area contributed by atoms with Crippen LogP contribution in [0.1, 0.15) is 15.9 Å². The molecule has 0 spiro atoms. The van der Waals surface area contributed by atoms with Crippen molar-refractivity contribution in [3.05, 3.63) is 95.8 Å². The van der Waals surface area contributed by atoms with Gasteiger partial charge in [0.05, 0.1) is 17.7 Å². The number of hydrogen-bond donors (Lipinski definition) is 1. The van der Waals surface area contributed by atoms with Gasteiger partial charge in [-0.1, -0.05) is 66.7 Å². The van der Waals surface area contributed by atoms with Gasteiger partial charge in [0, 0.05) is 10.9 Å². The molecular weight excluding hydrogens is 369 g/mol. The molecule has 0 amide bonds. The van der Waals surface area contributed by atoms with Gasteiger partial charge in [-0.3, -0.25) is 9.59 Å². The van der Waals surface area contributed by atoms with Crippen molar-refractivity contribution in [1.29, 1.82) is 0 Å². The number of ether oxygens (including phenoxy) is 1. The lowest BCUT2D eigenvalue weighted by Gasteiger charge is -2.07. The molecule has 0 aliphatic heterocycles. The Morgan fingerprint density at radius 3 is 2.34 bits per heavy atom. The lowest BCUT2D eigenvalue weighted by atomic mass is 10.0. The number of para-hydroxylation sites is 1. The summed E-state index contributed by atoms with van der Waals surface area (Å²) in [6, 6.07) is 23.0. The van der Waals surface area contributed by atoms with Crippen LogP contribution in [0.5, 0.6) is 0 Å². The maximum absolute atomic E-state index is 13.7. The average molecular weight is 387 g/mol. The van der Waals surface area contributed by atoms with Gasteiger partial charge in [0.2, 0.25) is 5.78 Å². The molecule has 0 unspecified atom stereocenters. The largest absolute Gasteiger partial charge is 0.457 e. The van der Waals surface area contributed by atoms with Crippen molar-refractivity contribution in [3.8, 4) is 11.3 Å². The van der Waals surface area contributed by atoms with E-state index in [1.807, 2.05) is 54.6 Å². The van der Waals surface area contributed by atoms with Crippen molar-refractivity contribution in [3.63, 3.8) is 0 Å². The molecule has 0 aliphatic rings. The number of nitrogens with one attached hydrogen (secondary N) is 1. The van der Waals surface area contributed by atoms with Crippen LogP contribution in [0.4, 0.5) is 4.39 Å². The Balaban J connectivity index is 1.57. The maximum Gasteiger partial charge on any atom is 0.310 e. The van der Waals surface area contributed by atoms with Crippen LogP contribution in [-0.4, -0.2) is 23.3 Å². The predicted octanol–water partition coefficient (Wildman–Crippen LogP) is 4.94. The zero-order valence-corrected chi connectivity index (χ0v) is 15.5. The van der Waals surface area contributed by atoms with Gasteiger partial charge in [-0.15, -0.1) is 0 Å². The van der Waals surface area contributed by atoms with Crippen LogP contribution in [0, 0.1) is 5.82 Å². The predicted molar refractivity (Wildman–Crippen MR) is 109 cm³/mol. The van der Waals surface area contributed by atoms with E-state index in [0.29, 0.717) is 11.3 Å². The number of carbonyl (C=O) groups is 2. The van der Waals surface area contributed by atoms with Crippen LogP contribution in [0.25, 0.3) is 22.2 Å². The van der Waals surface area contributed by atoms with Crippen LogP contribution in [-0.2, 0) is 16.0 Å². The summed E-state index contributed by atoms with van der Waals surface area (Å²) in [4.78, 5) is 28.4. The van der Waals surface area contributed by atoms with Gasteiger partial charge >= 0.3 is 5.97 Å². The quantitative estimate of drug-likeness (QED) is 0.376. The fourth-order valence-corrected chi connectivity index (χ4v) is 3.32. The van der Waals surface area contributed by atoms with E-state index in [-0.39, 0.29) is 17.8 Å². The van der Waals surface area contributed by atoms with Crippen molar-refractivity contribution in [2.75, 3.05) is 6.61 Å². The minimum atomic E-state index is -0.649. The van der Waals surface area contributed by atoms with E-state index in [0.717, 1.165) is 16.5 Å². The molecule has 4 rings (SSSR count). The van der Waals surface area contributed by atoms with E-state index in [9.17, 15) is 14.0 Å². The van der Waals surface area contributed by atoms with E-state index in [4.69, 9.17) is 4.74 Å². The summed E-state index contributed by atoms with van der Waals surface area (Å²) in [5, 5.41) is 0.765. The van der Waals surface area contributed by atoms with E-state index in [1.54, 1.807) is 12.1 Å². The minimum Gasteiger partial charge on any atom is -0.457 e. The second-order valence-electron chi connectivity index (χ2n) is 6.64. The standard InChI is InChI=1S/C24H18FNO3/c25-19-12-6-4-10-17(19)14-22(28)29-15-21(27)23-18-11-5-7-13-20(18)26-24(23)16-8-2-1-3-9-16/h1-13,26H,14-15H2. The van der Waals surface area contributed by atoms with Gasteiger partial charge in [0.25, 0.3) is 0 Å². The maximum atomic E-state index is 13.7. The molecule has 144 valence electrons. The monoisotopic (exact) mass is 387 g/mol. The van der Waals surface area contributed by atoms with Crippen molar-refractivity contribution in [2.45, 2.75) is 6.42 Å². The number of ketones is 1. The highest BCUT2D eigenvalue weighted by Gasteiger charge is 2.21. The third kappa shape index (κ3) is 3.94. The summed E-state index contributed by atoms with van der Waals surface area (Å²) < 4.78 is 18.9. The number of aromatic nitrogens is 1. The van der Waals surface area contributed by atoms with Crippen LogP contribution in [0.2, 0.25) is 0 Å². The molecule has 3 aromatic carbocycles. The molecular formula is C24H18FNO3. The Kier molecular flexibility index (Phi) is 5.20. The van der Waals surface area contributed by atoms with Crippen LogP contribution >= 0.6 is 0 Å². The lowest BCUT2D eigenvalue weighted by Crippen LogP contribution is -2.16. The van der Waals surface area contributed by atoms with Crippen LogP contribution in [0.15, 0.2) is 78.9 Å². The number of benzene rings is 3. The molecule has 0 saturated carbocycles. The summed E-state index contributed by atoms with van der Waals surface area (Å²) in [6.45, 7) is -0.408. The van der Waals surface area contributed by atoms with Gasteiger partial charge in [-0.2, -0.15) is 0 Å². The normalized spacial score (nSPS) is 10.8. The lowest BCUT2D eigenvalue weighted by molar-refractivity contribution is -0.141. The third-order valence-corrected chi connectivity index (χ3v) is 4.70. The number of aromatic amines is 1. The summed E-state index contributed by atoms with van der Waals surface area (Å²) in [7, 11) is 0. The second kappa shape index (κ2) is 8.10. The number of rotatable bonds is 6. The number of hydrogen-bond acceptors (Lipinski definition) is 3. The topological polar surface area (TPSA) is 59.2 Å². The number of H-pyrrole nitrogens is 1. The zero-order valence-electron chi connectivity index (χ0n) is 15.5. The summed E-state index contributed by atoms with van der Waals surface area (Å²) >= 11 is 0. The fourth-order valence-electron chi connectivity index (χ4n) is 3.32. The van der Waals surface area contributed by atoms with Gasteiger partial charge in [0.1, 0.15) is 5.82 Å². The zero-order chi connectivity index (χ0) is 20.2. The first-order valence-electron chi connectivity index (χ1n) is 9.22. The number of fused-ring (bicyclic) bond motifs is 1. The summed E-state index contributed by atoms with van der Waals surface area (Å²) in [6.07, 6.45) is -0.223. The number of Topliss-reactive ketones (excluding diaryl/α,β-unsaturated/α-hetero) is 1. The van der Waals surface area contributed by atoms with Gasteiger partial charge < -0.3 is 9.72 Å². The molecule has 1 N–H and O–H groups in total. The van der Waals surface area contributed by atoms with Crippen molar-refractivity contribution >= 4 is 22.7 Å². The van der Waals surface area contributed by atoms with Gasteiger partial charge in [-0.25, -0.2) is 4.39 Å². The number of carbonyl (C=O) groups excluding carboxylic acids is 2. The molecule has 4 nitrogen and oxygen atoms in total. The molecule has 0 bridgehead atoms. The molecule has 0 radical (unpaired) electrons. The SMILES string of the molecule is O=C(Cc1ccccc1F)OCC(=O)c1c(-c2ccccc2)[nH]c2ccccc12. The Morgan fingerprint density at radius 2 is 1.55 bits per heavy atom. The summed E-state index contributed by atoms with van der Waals surface area (Å²) in [5.74, 6) is -1.44. The first kappa shape index (κ1) is 18.6. The van der Waals surface area contributed by atoms with Gasteiger partial charge in [-0.05, 0) is 23.3 Å². The Morgan fingerprint density at radius 1 is 0.862 bits per heavy atom. The smallest absolute Gasteiger partial charge is 0.310 e. The van der Waals surface area contributed by atoms with E-state index in [2.05, 4.69) is 4.98 Å². The summed E-state index contributed by atoms with van der Waals surface area (Å²) in [5.41, 5.74) is 3.09. The molecule has 0 atom stereocenters. The fraction of sp³-hybridized carbons (Fsp3) is 0.0833. The van der Waals surface area contributed by atoms with E-state index >= 15 is 0 Å². The molecule has 5 heteroatoms. The Labute approximate surface area is 166 Å². The highest BCUT2D eigenvalue weighted by molar-refractivity contribution is 6.14. The van der Waals surface area contributed by atoms with E-state index < -0.39 is 18.4 Å². The molecule has 0 aliphatic carbocycles. The molecule has 1 aromatic heterocycles. The molecule has 0 saturated heterocycles. The third-order valence-electron chi connectivity index (χ3n) is 4.70. The van der Waals surface area contributed by atoms with Crippen molar-refractivity contribution in [2.24, 2.45) is 0 Å². The first-order chi connectivity index (χ1) is 14.1. The van der Waals surface area contributed by atoms with Crippen molar-refractivity contribution in [1.82, 2.24) is 4.98 Å². The minimum absolute atomic E-state index is 0.223. The highest BCUT2D eigenvalue weighted by Crippen LogP contribution is 2.30. The Bertz CT molecular complexity index is 1180. The van der Waals surface area contributed by atoms with Gasteiger partial charge in [0.15, 0.2) is 6.61 Å². The van der Waals surface area contributed by atoms with Crippen LogP contribution < -0.4 is 0 Å².